The van der Waals surface area contributed by atoms with E-state index in [2.05, 4.69) is 14.9 Å². The summed E-state index contributed by atoms with van der Waals surface area (Å²) in [4.78, 5) is 25.4. The third kappa shape index (κ3) is 3.74. The van der Waals surface area contributed by atoms with Crippen molar-refractivity contribution >= 4 is 11.9 Å². The SMILES string of the molecule is COC(=O)C(C)CN(C)C(=O)c1cn[nH]c1-c1ccc(F)cc1. The third-order valence-electron chi connectivity index (χ3n) is 3.50. The molecule has 23 heavy (non-hydrogen) atoms. The number of halogens is 1. The molecular formula is C16H18FN3O3. The summed E-state index contributed by atoms with van der Waals surface area (Å²) in [6.07, 6.45) is 1.42. The van der Waals surface area contributed by atoms with Gasteiger partial charge in [0.1, 0.15) is 5.82 Å². The Labute approximate surface area is 133 Å². The van der Waals surface area contributed by atoms with E-state index in [1.807, 2.05) is 0 Å². The van der Waals surface area contributed by atoms with Gasteiger partial charge in [0.15, 0.2) is 0 Å². The third-order valence-corrected chi connectivity index (χ3v) is 3.50. The molecule has 122 valence electrons. The monoisotopic (exact) mass is 319 g/mol. The molecule has 2 rings (SSSR count). The molecule has 1 amide bonds. The highest BCUT2D eigenvalue weighted by molar-refractivity contribution is 5.99. The van der Waals surface area contributed by atoms with Crippen LogP contribution < -0.4 is 0 Å². The van der Waals surface area contributed by atoms with Gasteiger partial charge in [-0.15, -0.1) is 0 Å². The van der Waals surface area contributed by atoms with Gasteiger partial charge in [0, 0.05) is 19.2 Å². The van der Waals surface area contributed by atoms with Crippen LogP contribution >= 0.6 is 0 Å². The van der Waals surface area contributed by atoms with Crippen molar-refractivity contribution in [2.45, 2.75) is 6.92 Å². The second-order valence-electron chi connectivity index (χ2n) is 5.28. The summed E-state index contributed by atoms with van der Waals surface area (Å²) < 4.78 is 17.7. The van der Waals surface area contributed by atoms with Crippen LogP contribution in [0, 0.1) is 11.7 Å². The van der Waals surface area contributed by atoms with Gasteiger partial charge in [-0.25, -0.2) is 4.39 Å². The summed E-state index contributed by atoms with van der Waals surface area (Å²) in [5.74, 6) is -1.45. The fraction of sp³-hybridized carbons (Fsp3) is 0.312. The Kier molecular flexibility index (Phi) is 5.10. The predicted octanol–water partition coefficient (Wildman–Crippen LogP) is 2.10. The average molecular weight is 319 g/mol. The van der Waals surface area contributed by atoms with Crippen molar-refractivity contribution < 1.29 is 18.7 Å². The number of nitrogens with one attached hydrogen (secondary N) is 1. The van der Waals surface area contributed by atoms with Crippen LogP contribution in [0.25, 0.3) is 11.3 Å². The van der Waals surface area contributed by atoms with Crippen LogP contribution in [-0.4, -0.2) is 47.7 Å². The van der Waals surface area contributed by atoms with Gasteiger partial charge in [-0.3, -0.25) is 14.7 Å². The average Bonchev–Trinajstić information content (AvgIpc) is 3.03. The summed E-state index contributed by atoms with van der Waals surface area (Å²) in [6.45, 7) is 1.91. The zero-order valence-corrected chi connectivity index (χ0v) is 13.2. The predicted molar refractivity (Wildman–Crippen MR) is 82.1 cm³/mol. The lowest BCUT2D eigenvalue weighted by atomic mass is 10.1. The molecule has 0 aliphatic heterocycles. The smallest absolute Gasteiger partial charge is 0.310 e. The Morgan fingerprint density at radius 3 is 2.61 bits per heavy atom. The standard InChI is InChI=1S/C16H18FN3O3/c1-10(16(22)23-3)9-20(2)15(21)13-8-18-19-14(13)11-4-6-12(17)7-5-11/h4-8,10H,9H2,1-3H3,(H,18,19). The van der Waals surface area contributed by atoms with Gasteiger partial charge in [0.05, 0.1) is 30.5 Å². The molecule has 7 heteroatoms. The zero-order chi connectivity index (χ0) is 17.0. The summed E-state index contributed by atoms with van der Waals surface area (Å²) >= 11 is 0. The number of hydrogen-bond acceptors (Lipinski definition) is 4. The Hall–Kier alpha value is -2.70. The number of H-pyrrole nitrogens is 1. The van der Waals surface area contributed by atoms with Gasteiger partial charge in [0.2, 0.25) is 0 Å². The molecule has 0 fully saturated rings. The van der Waals surface area contributed by atoms with E-state index in [-0.39, 0.29) is 24.2 Å². The Bertz CT molecular complexity index is 697. The van der Waals surface area contributed by atoms with Crippen LogP contribution in [-0.2, 0) is 9.53 Å². The first-order chi connectivity index (χ1) is 10.9. The van der Waals surface area contributed by atoms with E-state index in [0.29, 0.717) is 16.8 Å². The first-order valence-electron chi connectivity index (χ1n) is 7.06. The van der Waals surface area contributed by atoms with Gasteiger partial charge in [0.25, 0.3) is 5.91 Å². The first kappa shape index (κ1) is 16.7. The number of carbonyl (C=O) groups excluding carboxylic acids is 2. The number of carbonyl (C=O) groups is 2. The largest absolute Gasteiger partial charge is 0.469 e. The van der Waals surface area contributed by atoms with Crippen LogP contribution in [0.1, 0.15) is 17.3 Å². The lowest BCUT2D eigenvalue weighted by molar-refractivity contribution is -0.145. The zero-order valence-electron chi connectivity index (χ0n) is 13.2. The van der Waals surface area contributed by atoms with Gasteiger partial charge < -0.3 is 9.64 Å². The molecule has 1 aromatic carbocycles. The molecule has 1 heterocycles. The molecule has 1 N–H and O–H groups in total. The minimum Gasteiger partial charge on any atom is -0.469 e. The van der Waals surface area contributed by atoms with Crippen molar-refractivity contribution in [2.24, 2.45) is 5.92 Å². The van der Waals surface area contributed by atoms with Crippen LogP contribution in [0.3, 0.4) is 0 Å². The number of aromatic nitrogens is 2. The molecule has 0 radical (unpaired) electrons. The van der Waals surface area contributed by atoms with Crippen molar-refractivity contribution in [1.82, 2.24) is 15.1 Å². The number of rotatable bonds is 5. The van der Waals surface area contributed by atoms with Crippen molar-refractivity contribution in [3.8, 4) is 11.3 Å². The lowest BCUT2D eigenvalue weighted by Crippen LogP contribution is -2.34. The maximum Gasteiger partial charge on any atom is 0.310 e. The molecule has 0 aliphatic rings. The molecule has 6 nitrogen and oxygen atoms in total. The van der Waals surface area contributed by atoms with Crippen LogP contribution in [0.15, 0.2) is 30.5 Å². The number of benzene rings is 1. The first-order valence-corrected chi connectivity index (χ1v) is 7.06. The molecule has 0 saturated heterocycles. The normalized spacial score (nSPS) is 11.8. The minimum absolute atomic E-state index is 0.222. The summed E-state index contributed by atoms with van der Waals surface area (Å²) in [7, 11) is 2.91. The van der Waals surface area contributed by atoms with Crippen molar-refractivity contribution in [3.63, 3.8) is 0 Å². The lowest BCUT2D eigenvalue weighted by Gasteiger charge is -2.20. The van der Waals surface area contributed by atoms with Crippen LogP contribution in [0.5, 0.6) is 0 Å². The van der Waals surface area contributed by atoms with Crippen LogP contribution in [0.4, 0.5) is 4.39 Å². The quantitative estimate of drug-likeness (QED) is 0.856. The number of ether oxygens (including phenoxy) is 1. The molecule has 0 spiro atoms. The van der Waals surface area contributed by atoms with Gasteiger partial charge in [-0.1, -0.05) is 6.92 Å². The number of methoxy groups -OCH3 is 1. The minimum atomic E-state index is -0.435. The maximum absolute atomic E-state index is 13.0. The molecule has 0 aliphatic carbocycles. The summed E-state index contributed by atoms with van der Waals surface area (Å²) in [6, 6.07) is 5.76. The number of esters is 1. The fourth-order valence-corrected chi connectivity index (χ4v) is 2.26. The van der Waals surface area contributed by atoms with Gasteiger partial charge in [-0.05, 0) is 24.3 Å². The Morgan fingerprint density at radius 2 is 2.00 bits per heavy atom. The molecule has 1 aromatic heterocycles. The van der Waals surface area contributed by atoms with Crippen molar-refractivity contribution in [1.29, 1.82) is 0 Å². The molecule has 2 aromatic rings. The summed E-state index contributed by atoms with van der Waals surface area (Å²) in [5, 5.41) is 6.65. The molecule has 0 bridgehead atoms. The van der Waals surface area contributed by atoms with E-state index >= 15 is 0 Å². The molecule has 1 unspecified atom stereocenters. The second-order valence-corrected chi connectivity index (χ2v) is 5.28. The highest BCUT2D eigenvalue weighted by Gasteiger charge is 2.23. The van der Waals surface area contributed by atoms with Gasteiger partial charge >= 0.3 is 5.97 Å². The fourth-order valence-electron chi connectivity index (χ4n) is 2.26. The molecule has 0 saturated carbocycles. The Morgan fingerprint density at radius 1 is 1.35 bits per heavy atom. The maximum atomic E-state index is 13.0. The van der Waals surface area contributed by atoms with Crippen LogP contribution in [0.2, 0.25) is 0 Å². The van der Waals surface area contributed by atoms with E-state index in [1.165, 1.54) is 30.3 Å². The van der Waals surface area contributed by atoms with E-state index in [4.69, 9.17) is 0 Å². The van der Waals surface area contributed by atoms with Gasteiger partial charge in [-0.2, -0.15) is 5.10 Å². The van der Waals surface area contributed by atoms with E-state index in [9.17, 15) is 14.0 Å². The number of aromatic amines is 1. The Balaban J connectivity index is 2.19. The number of amides is 1. The van der Waals surface area contributed by atoms with E-state index in [0.717, 1.165) is 0 Å². The molecule has 1 atom stereocenters. The van der Waals surface area contributed by atoms with E-state index in [1.54, 1.807) is 26.1 Å². The summed E-state index contributed by atoms with van der Waals surface area (Å²) in [5.41, 5.74) is 1.52. The second kappa shape index (κ2) is 7.04. The van der Waals surface area contributed by atoms with Crippen molar-refractivity contribution in [2.75, 3.05) is 20.7 Å². The number of nitrogens with zero attached hydrogens (tertiary/aromatic N) is 2. The number of hydrogen-bond donors (Lipinski definition) is 1. The topological polar surface area (TPSA) is 75.3 Å². The van der Waals surface area contributed by atoms with E-state index < -0.39 is 5.92 Å². The highest BCUT2D eigenvalue weighted by atomic mass is 19.1. The van der Waals surface area contributed by atoms with Crippen molar-refractivity contribution in [3.05, 3.63) is 41.8 Å². The highest BCUT2D eigenvalue weighted by Crippen LogP contribution is 2.22. The molecular weight excluding hydrogens is 301 g/mol.